The van der Waals surface area contributed by atoms with Gasteiger partial charge in [0.25, 0.3) is 5.69 Å². The van der Waals surface area contributed by atoms with Gasteiger partial charge >= 0.3 is 0 Å². The van der Waals surface area contributed by atoms with Gasteiger partial charge in [-0.1, -0.05) is 26.0 Å². The highest BCUT2D eigenvalue weighted by molar-refractivity contribution is 7.11. The summed E-state index contributed by atoms with van der Waals surface area (Å²) in [5.74, 6) is 0.465. The fraction of sp³-hybridized carbons (Fsp3) is 0.143. The summed E-state index contributed by atoms with van der Waals surface area (Å²) in [7, 11) is 0. The monoisotopic (exact) mass is 390 g/mol. The second-order valence-corrected chi connectivity index (χ2v) is 7.29. The Morgan fingerprint density at radius 2 is 1.89 bits per heavy atom. The van der Waals surface area contributed by atoms with Crippen molar-refractivity contribution in [3.63, 3.8) is 0 Å². The molecule has 3 rings (SSSR count). The van der Waals surface area contributed by atoms with E-state index in [0.29, 0.717) is 22.2 Å². The standard InChI is InChI=1S/C21H18N4O2S/c1-14(2)15-3-7-18(8-4-15)23-12-17(11-22)21-24-20(13-28-21)16-5-9-19(10-6-16)25(26)27/h3-10,12-14,23H,1-2H3/b17-12+. The molecule has 0 fully saturated rings. The molecule has 0 atom stereocenters. The van der Waals surface area contributed by atoms with Gasteiger partial charge in [-0.2, -0.15) is 5.26 Å². The summed E-state index contributed by atoms with van der Waals surface area (Å²) >= 11 is 1.35. The Morgan fingerprint density at radius 3 is 2.46 bits per heavy atom. The summed E-state index contributed by atoms with van der Waals surface area (Å²) in [4.78, 5) is 14.8. The zero-order valence-electron chi connectivity index (χ0n) is 15.4. The SMILES string of the molecule is CC(C)c1ccc(N/C=C(\C#N)c2nc(-c3ccc([N+](=O)[O-])cc3)cs2)cc1. The number of nitro groups is 1. The van der Waals surface area contributed by atoms with Crippen molar-refractivity contribution in [2.75, 3.05) is 5.32 Å². The molecule has 3 aromatic rings. The van der Waals surface area contributed by atoms with Crippen LogP contribution in [0.4, 0.5) is 11.4 Å². The molecule has 1 aromatic heterocycles. The van der Waals surface area contributed by atoms with Crippen LogP contribution in [0.5, 0.6) is 0 Å². The lowest BCUT2D eigenvalue weighted by atomic mass is 10.0. The Hall–Kier alpha value is -3.50. The molecular formula is C21H18N4O2S. The van der Waals surface area contributed by atoms with Crippen LogP contribution in [0.25, 0.3) is 16.8 Å². The maximum Gasteiger partial charge on any atom is 0.269 e. The third-order valence-corrected chi connectivity index (χ3v) is 5.07. The molecule has 2 aromatic carbocycles. The summed E-state index contributed by atoms with van der Waals surface area (Å²) in [6.45, 7) is 4.28. The number of nitrogens with one attached hydrogen (secondary N) is 1. The van der Waals surface area contributed by atoms with Crippen LogP contribution in [0.3, 0.4) is 0 Å². The van der Waals surface area contributed by atoms with E-state index in [-0.39, 0.29) is 5.69 Å². The number of hydrogen-bond donors (Lipinski definition) is 1. The molecule has 1 N–H and O–H groups in total. The minimum absolute atomic E-state index is 0.0319. The van der Waals surface area contributed by atoms with Crippen molar-refractivity contribution >= 4 is 28.3 Å². The van der Waals surface area contributed by atoms with Crippen LogP contribution in [0.1, 0.15) is 30.3 Å². The Balaban J connectivity index is 1.77. The first kappa shape index (κ1) is 19.3. The normalized spacial score (nSPS) is 11.3. The van der Waals surface area contributed by atoms with Crippen LogP contribution in [0.2, 0.25) is 0 Å². The van der Waals surface area contributed by atoms with Gasteiger partial charge in [-0.05, 0) is 35.7 Å². The number of aromatic nitrogens is 1. The molecular weight excluding hydrogens is 372 g/mol. The summed E-state index contributed by atoms with van der Waals surface area (Å²) in [5.41, 5.74) is 4.04. The minimum Gasteiger partial charge on any atom is -0.360 e. The Kier molecular flexibility index (Phi) is 5.82. The number of hydrogen-bond acceptors (Lipinski definition) is 6. The predicted molar refractivity (Wildman–Crippen MR) is 112 cm³/mol. The largest absolute Gasteiger partial charge is 0.360 e. The van der Waals surface area contributed by atoms with Gasteiger partial charge in [0.2, 0.25) is 0 Å². The average Bonchev–Trinajstić information content (AvgIpc) is 3.19. The van der Waals surface area contributed by atoms with E-state index in [1.165, 1.54) is 29.0 Å². The molecule has 1 heterocycles. The van der Waals surface area contributed by atoms with E-state index >= 15 is 0 Å². The highest BCUT2D eigenvalue weighted by atomic mass is 32.1. The minimum atomic E-state index is -0.438. The van der Waals surface area contributed by atoms with Gasteiger partial charge in [-0.25, -0.2) is 4.98 Å². The number of nitrogens with zero attached hydrogens (tertiary/aromatic N) is 3. The van der Waals surface area contributed by atoms with Crippen LogP contribution in [0.15, 0.2) is 60.1 Å². The van der Waals surface area contributed by atoms with Gasteiger partial charge in [0.05, 0.1) is 10.6 Å². The van der Waals surface area contributed by atoms with E-state index in [1.54, 1.807) is 18.3 Å². The average molecular weight is 390 g/mol. The maximum atomic E-state index is 10.8. The lowest BCUT2D eigenvalue weighted by Gasteiger charge is -2.06. The van der Waals surface area contributed by atoms with Crippen molar-refractivity contribution in [2.45, 2.75) is 19.8 Å². The second kappa shape index (κ2) is 8.46. The molecule has 7 heteroatoms. The first-order chi connectivity index (χ1) is 13.5. The number of anilines is 1. The van der Waals surface area contributed by atoms with Crippen molar-refractivity contribution in [1.82, 2.24) is 4.98 Å². The topological polar surface area (TPSA) is 91.8 Å². The van der Waals surface area contributed by atoms with Crippen LogP contribution >= 0.6 is 11.3 Å². The Labute approximate surface area is 167 Å². The van der Waals surface area contributed by atoms with E-state index in [9.17, 15) is 15.4 Å². The molecule has 6 nitrogen and oxygen atoms in total. The molecule has 0 radical (unpaired) electrons. The second-order valence-electron chi connectivity index (χ2n) is 6.43. The molecule has 0 aliphatic carbocycles. The van der Waals surface area contributed by atoms with Crippen molar-refractivity contribution in [3.8, 4) is 17.3 Å². The van der Waals surface area contributed by atoms with Gasteiger partial charge in [0.15, 0.2) is 0 Å². The third-order valence-electron chi connectivity index (χ3n) is 4.19. The fourth-order valence-corrected chi connectivity index (χ4v) is 3.34. The van der Waals surface area contributed by atoms with Crippen molar-refractivity contribution < 1.29 is 4.92 Å². The molecule has 140 valence electrons. The molecule has 0 saturated heterocycles. The maximum absolute atomic E-state index is 10.8. The summed E-state index contributed by atoms with van der Waals surface area (Å²) in [6.07, 6.45) is 1.64. The van der Waals surface area contributed by atoms with Crippen LogP contribution in [-0.2, 0) is 0 Å². The van der Waals surface area contributed by atoms with Crippen LogP contribution < -0.4 is 5.32 Å². The van der Waals surface area contributed by atoms with Crippen LogP contribution in [0, 0.1) is 21.4 Å². The van der Waals surface area contributed by atoms with Gasteiger partial charge in [0, 0.05) is 35.0 Å². The number of rotatable bonds is 6. The molecule has 0 aliphatic heterocycles. The third kappa shape index (κ3) is 4.42. The van der Waals surface area contributed by atoms with Gasteiger partial charge in [0.1, 0.15) is 16.6 Å². The number of allylic oxidation sites excluding steroid dienone is 1. The van der Waals surface area contributed by atoms with Crippen molar-refractivity contribution in [1.29, 1.82) is 5.26 Å². The Morgan fingerprint density at radius 1 is 1.21 bits per heavy atom. The van der Waals surface area contributed by atoms with Gasteiger partial charge in [-0.15, -0.1) is 11.3 Å². The number of nitriles is 1. The molecule has 0 bridgehead atoms. The predicted octanol–water partition coefficient (Wildman–Crippen LogP) is 5.82. The van der Waals surface area contributed by atoms with E-state index in [4.69, 9.17) is 0 Å². The smallest absolute Gasteiger partial charge is 0.269 e. The zero-order chi connectivity index (χ0) is 20.1. The van der Waals surface area contributed by atoms with E-state index in [0.717, 1.165) is 11.3 Å². The lowest BCUT2D eigenvalue weighted by Crippen LogP contribution is -1.92. The van der Waals surface area contributed by atoms with E-state index < -0.39 is 4.92 Å². The summed E-state index contributed by atoms with van der Waals surface area (Å²) in [6, 6.07) is 16.4. The van der Waals surface area contributed by atoms with Crippen LogP contribution in [-0.4, -0.2) is 9.91 Å². The fourth-order valence-electron chi connectivity index (χ4n) is 2.55. The lowest BCUT2D eigenvalue weighted by molar-refractivity contribution is -0.384. The van der Waals surface area contributed by atoms with E-state index in [2.05, 4.69) is 42.4 Å². The summed E-state index contributed by atoms with van der Waals surface area (Å²) in [5, 5.41) is 25.8. The Bertz CT molecular complexity index is 1050. The molecule has 0 amide bonds. The first-order valence-electron chi connectivity index (χ1n) is 8.65. The number of non-ortho nitro benzene ring substituents is 1. The highest BCUT2D eigenvalue weighted by Crippen LogP contribution is 2.27. The van der Waals surface area contributed by atoms with Gasteiger partial charge in [-0.3, -0.25) is 10.1 Å². The number of thiazole rings is 1. The quantitative estimate of drug-likeness (QED) is 0.325. The van der Waals surface area contributed by atoms with Crippen molar-refractivity contribution in [3.05, 3.63) is 80.8 Å². The number of benzene rings is 2. The molecule has 0 spiro atoms. The van der Waals surface area contributed by atoms with E-state index in [1.807, 2.05) is 17.5 Å². The summed E-state index contributed by atoms with van der Waals surface area (Å²) < 4.78 is 0. The molecule has 28 heavy (non-hydrogen) atoms. The first-order valence-corrected chi connectivity index (χ1v) is 9.53. The molecule has 0 saturated carbocycles. The van der Waals surface area contributed by atoms with Gasteiger partial charge < -0.3 is 5.32 Å². The molecule has 0 aliphatic rings. The zero-order valence-corrected chi connectivity index (χ0v) is 16.2. The molecule has 0 unspecified atom stereocenters. The highest BCUT2D eigenvalue weighted by Gasteiger charge is 2.11. The van der Waals surface area contributed by atoms with Crippen molar-refractivity contribution in [2.24, 2.45) is 0 Å². The number of nitro benzene ring substituents is 1.